The highest BCUT2D eigenvalue weighted by Crippen LogP contribution is 2.26. The Morgan fingerprint density at radius 1 is 1.26 bits per heavy atom. The van der Waals surface area contributed by atoms with Gasteiger partial charge in [-0.2, -0.15) is 0 Å². The first-order valence-electron chi connectivity index (χ1n) is 7.06. The molecule has 0 unspecified atom stereocenters. The number of halogens is 1. The molecule has 0 bridgehead atoms. The molecule has 1 aromatic heterocycles. The first-order valence-corrected chi connectivity index (χ1v) is 7.43. The number of fused-ring (bicyclic) bond motifs is 1. The molecular weight excluding hydrogens is 326 g/mol. The van der Waals surface area contributed by atoms with E-state index in [0.717, 1.165) is 0 Å². The van der Waals surface area contributed by atoms with Gasteiger partial charge in [0.05, 0.1) is 11.7 Å². The number of ether oxygens (including phenoxy) is 2. The molecule has 1 aliphatic rings. The van der Waals surface area contributed by atoms with E-state index in [-0.39, 0.29) is 5.56 Å². The summed E-state index contributed by atoms with van der Waals surface area (Å²) in [7, 11) is 0. The number of aromatic nitrogens is 1. The molecule has 5 atom stereocenters. The van der Waals surface area contributed by atoms with E-state index in [0.29, 0.717) is 15.9 Å². The van der Waals surface area contributed by atoms with Crippen molar-refractivity contribution in [1.82, 2.24) is 4.98 Å². The molecule has 23 heavy (non-hydrogen) atoms. The second-order valence-electron chi connectivity index (χ2n) is 5.48. The van der Waals surface area contributed by atoms with Gasteiger partial charge in [0.1, 0.15) is 18.3 Å². The Bertz CT molecular complexity index is 732. The number of carbonyl (C=O) groups is 1. The fourth-order valence-corrected chi connectivity index (χ4v) is 2.72. The molecule has 1 fully saturated rings. The number of esters is 1. The fraction of sp³-hybridized carbons (Fsp3) is 0.400. The Morgan fingerprint density at radius 2 is 2.00 bits per heavy atom. The molecular formula is C15H16ClNO6. The summed E-state index contributed by atoms with van der Waals surface area (Å²) in [5, 5.41) is 30.4. The van der Waals surface area contributed by atoms with Gasteiger partial charge in [-0.15, -0.1) is 0 Å². The highest BCUT2D eigenvalue weighted by molar-refractivity contribution is 6.31. The summed E-state index contributed by atoms with van der Waals surface area (Å²) in [5.74, 6) is -0.724. The van der Waals surface area contributed by atoms with Crippen molar-refractivity contribution in [2.45, 2.75) is 37.6 Å². The fourth-order valence-electron chi connectivity index (χ4n) is 2.55. The molecule has 2 heterocycles. The monoisotopic (exact) mass is 341 g/mol. The van der Waals surface area contributed by atoms with Crippen molar-refractivity contribution in [1.29, 1.82) is 0 Å². The summed E-state index contributed by atoms with van der Waals surface area (Å²) in [6.45, 7) is 1.51. The molecule has 0 saturated carbocycles. The highest BCUT2D eigenvalue weighted by atomic mass is 35.5. The van der Waals surface area contributed by atoms with E-state index in [1.165, 1.54) is 13.1 Å². The maximum Gasteiger partial charge on any atom is 0.342 e. The van der Waals surface area contributed by atoms with Crippen LogP contribution in [-0.4, -0.2) is 57.0 Å². The normalized spacial score (nSPS) is 31.3. The van der Waals surface area contributed by atoms with Crippen LogP contribution in [0.2, 0.25) is 5.02 Å². The number of hydrogen-bond acceptors (Lipinski definition) is 6. The van der Waals surface area contributed by atoms with Crippen molar-refractivity contribution in [3.05, 3.63) is 35.0 Å². The van der Waals surface area contributed by atoms with Crippen LogP contribution < -0.4 is 0 Å². The van der Waals surface area contributed by atoms with Crippen LogP contribution in [0.5, 0.6) is 0 Å². The van der Waals surface area contributed by atoms with Gasteiger partial charge in [0.2, 0.25) is 6.29 Å². The molecule has 2 aromatic rings. The van der Waals surface area contributed by atoms with E-state index in [4.69, 9.17) is 21.1 Å². The summed E-state index contributed by atoms with van der Waals surface area (Å²) in [6, 6.07) is 4.98. The lowest BCUT2D eigenvalue weighted by Gasteiger charge is -2.38. The number of benzene rings is 1. The standard InChI is InChI=1S/C15H16ClNO6/c1-6-11(18)12(19)13(20)15(22-6)23-14(21)9-5-17-10-4-7(16)2-3-8(9)10/h2-6,11-13,15,17-20H,1H3/t6-,11+,12+,13+,15-/m0/s1. The zero-order chi connectivity index (χ0) is 16.7. The van der Waals surface area contributed by atoms with Gasteiger partial charge in [-0.05, 0) is 19.1 Å². The van der Waals surface area contributed by atoms with Crippen molar-refractivity contribution < 1.29 is 29.6 Å². The second-order valence-corrected chi connectivity index (χ2v) is 5.92. The number of aromatic amines is 1. The zero-order valence-electron chi connectivity index (χ0n) is 12.1. The predicted molar refractivity (Wildman–Crippen MR) is 81.1 cm³/mol. The average molecular weight is 342 g/mol. The SMILES string of the molecule is C[C@@H]1O[C@@H](OC(=O)c2c[nH]c3cc(Cl)ccc23)[C@H](O)[C@H](O)[C@@H]1O. The minimum atomic E-state index is -1.54. The van der Waals surface area contributed by atoms with E-state index in [1.807, 2.05) is 0 Å². The summed E-state index contributed by atoms with van der Waals surface area (Å²) in [6.07, 6.45) is -4.94. The lowest BCUT2D eigenvalue weighted by molar-refractivity contribution is -0.276. The predicted octanol–water partition coefficient (Wildman–Crippen LogP) is 0.806. The third kappa shape index (κ3) is 2.93. The smallest absolute Gasteiger partial charge is 0.342 e. The average Bonchev–Trinajstić information content (AvgIpc) is 2.93. The van der Waals surface area contributed by atoms with Gasteiger partial charge in [0.25, 0.3) is 0 Å². The third-order valence-corrected chi connectivity index (χ3v) is 4.13. The Labute approximate surface area is 136 Å². The van der Waals surface area contributed by atoms with Crippen LogP contribution in [0.4, 0.5) is 0 Å². The van der Waals surface area contributed by atoms with Gasteiger partial charge in [0, 0.05) is 22.1 Å². The van der Waals surface area contributed by atoms with Crippen LogP contribution in [0.3, 0.4) is 0 Å². The summed E-state index contributed by atoms with van der Waals surface area (Å²) < 4.78 is 10.4. The second kappa shape index (κ2) is 6.10. The lowest BCUT2D eigenvalue weighted by Crippen LogP contribution is -2.57. The van der Waals surface area contributed by atoms with Crippen LogP contribution >= 0.6 is 11.6 Å². The molecule has 3 rings (SSSR count). The van der Waals surface area contributed by atoms with Crippen molar-refractivity contribution in [3.63, 3.8) is 0 Å². The van der Waals surface area contributed by atoms with Crippen LogP contribution in [-0.2, 0) is 9.47 Å². The molecule has 1 saturated heterocycles. The minimum absolute atomic E-state index is 0.251. The molecule has 4 N–H and O–H groups in total. The molecule has 0 amide bonds. The van der Waals surface area contributed by atoms with Crippen molar-refractivity contribution in [3.8, 4) is 0 Å². The quantitative estimate of drug-likeness (QED) is 0.601. The first kappa shape index (κ1) is 16.2. The maximum atomic E-state index is 12.3. The third-order valence-electron chi connectivity index (χ3n) is 3.90. The molecule has 0 spiro atoms. The van der Waals surface area contributed by atoms with Gasteiger partial charge in [-0.1, -0.05) is 17.7 Å². The molecule has 0 aliphatic carbocycles. The van der Waals surface area contributed by atoms with Crippen LogP contribution in [0.15, 0.2) is 24.4 Å². The number of nitrogens with one attached hydrogen (secondary N) is 1. The Hall–Kier alpha value is -1.64. The summed E-state index contributed by atoms with van der Waals surface area (Å²) in [5.41, 5.74) is 0.916. The maximum absolute atomic E-state index is 12.3. The molecule has 0 radical (unpaired) electrons. The minimum Gasteiger partial charge on any atom is -0.429 e. The van der Waals surface area contributed by atoms with E-state index >= 15 is 0 Å². The van der Waals surface area contributed by atoms with Gasteiger partial charge < -0.3 is 29.8 Å². The number of carbonyl (C=O) groups excluding carboxylic acids is 1. The van der Waals surface area contributed by atoms with Gasteiger partial charge >= 0.3 is 5.97 Å². The van der Waals surface area contributed by atoms with Crippen molar-refractivity contribution in [2.75, 3.05) is 0 Å². The molecule has 8 heteroatoms. The number of aliphatic hydroxyl groups is 3. The van der Waals surface area contributed by atoms with Crippen LogP contribution in [0.1, 0.15) is 17.3 Å². The first-order chi connectivity index (χ1) is 10.9. The zero-order valence-corrected chi connectivity index (χ0v) is 12.9. The van der Waals surface area contributed by atoms with Crippen molar-refractivity contribution >= 4 is 28.5 Å². The number of rotatable bonds is 2. The lowest BCUT2D eigenvalue weighted by atomic mass is 10.00. The van der Waals surface area contributed by atoms with Crippen LogP contribution in [0.25, 0.3) is 10.9 Å². The molecule has 1 aliphatic heterocycles. The highest BCUT2D eigenvalue weighted by Gasteiger charge is 2.43. The number of hydrogen-bond donors (Lipinski definition) is 4. The summed E-state index contributed by atoms with van der Waals surface area (Å²) >= 11 is 5.89. The number of H-pyrrole nitrogens is 1. The topological polar surface area (TPSA) is 112 Å². The van der Waals surface area contributed by atoms with E-state index in [2.05, 4.69) is 4.98 Å². The van der Waals surface area contributed by atoms with E-state index < -0.39 is 36.7 Å². The largest absolute Gasteiger partial charge is 0.429 e. The van der Waals surface area contributed by atoms with Crippen LogP contribution in [0, 0.1) is 0 Å². The van der Waals surface area contributed by atoms with Crippen molar-refractivity contribution in [2.24, 2.45) is 0 Å². The van der Waals surface area contributed by atoms with Gasteiger partial charge in [0.15, 0.2) is 0 Å². The Balaban J connectivity index is 1.80. The van der Waals surface area contributed by atoms with Gasteiger partial charge in [-0.25, -0.2) is 4.79 Å². The van der Waals surface area contributed by atoms with E-state index in [1.54, 1.807) is 18.2 Å². The van der Waals surface area contributed by atoms with Gasteiger partial charge in [-0.3, -0.25) is 0 Å². The molecule has 7 nitrogen and oxygen atoms in total. The molecule has 124 valence electrons. The van der Waals surface area contributed by atoms with E-state index in [9.17, 15) is 20.1 Å². The molecule has 1 aromatic carbocycles. The Morgan fingerprint density at radius 3 is 2.74 bits per heavy atom. The number of aliphatic hydroxyl groups excluding tert-OH is 3. The summed E-state index contributed by atoms with van der Waals surface area (Å²) in [4.78, 5) is 15.2. The Kier molecular flexibility index (Phi) is 4.31.